The van der Waals surface area contributed by atoms with Crippen LogP contribution >= 0.6 is 0 Å². The molecule has 0 amide bonds. The van der Waals surface area contributed by atoms with E-state index in [0.29, 0.717) is 5.92 Å². The van der Waals surface area contributed by atoms with Crippen LogP contribution in [-0.4, -0.2) is 29.5 Å². The summed E-state index contributed by atoms with van der Waals surface area (Å²) in [7, 11) is 0. The number of aromatic nitrogens is 1. The Morgan fingerprint density at radius 2 is 2.17 bits per heavy atom. The summed E-state index contributed by atoms with van der Waals surface area (Å²) >= 11 is 0. The van der Waals surface area contributed by atoms with Gasteiger partial charge in [-0.15, -0.1) is 0 Å². The Bertz CT molecular complexity index is 944. The predicted octanol–water partition coefficient (Wildman–Crippen LogP) is 5.64. The van der Waals surface area contributed by atoms with Gasteiger partial charge in [-0.1, -0.05) is 44.2 Å². The maximum atomic E-state index is 9.50. The zero-order valence-corrected chi connectivity index (χ0v) is 18.1. The Morgan fingerprint density at radius 3 is 3.03 bits per heavy atom. The van der Waals surface area contributed by atoms with Gasteiger partial charge in [0, 0.05) is 24.5 Å². The molecule has 1 aliphatic carbocycles. The van der Waals surface area contributed by atoms with Crippen molar-refractivity contribution in [3.05, 3.63) is 70.6 Å². The van der Waals surface area contributed by atoms with Crippen molar-refractivity contribution in [1.29, 1.82) is 5.26 Å². The number of rotatable bonds is 6. The van der Waals surface area contributed by atoms with Gasteiger partial charge in [-0.05, 0) is 73.8 Å². The van der Waals surface area contributed by atoms with E-state index in [4.69, 9.17) is 4.98 Å². The van der Waals surface area contributed by atoms with Crippen LogP contribution in [0.25, 0.3) is 0 Å². The van der Waals surface area contributed by atoms with E-state index >= 15 is 0 Å². The second-order valence-electron chi connectivity index (χ2n) is 8.77. The lowest BCUT2D eigenvalue weighted by Crippen LogP contribution is -2.32. The zero-order valence-electron chi connectivity index (χ0n) is 18.1. The SMILES string of the molecule is C=C1CCc2ccc(C(C)CCCCN3CCC4=C(C3)C(C#N)=CCC=C4)nc2N1. The van der Waals surface area contributed by atoms with Crippen LogP contribution in [0, 0.1) is 11.3 Å². The number of nitriles is 1. The number of anilines is 1. The highest BCUT2D eigenvalue weighted by molar-refractivity contribution is 5.53. The van der Waals surface area contributed by atoms with Gasteiger partial charge in [0.15, 0.2) is 0 Å². The summed E-state index contributed by atoms with van der Waals surface area (Å²) in [6.45, 7) is 9.45. The summed E-state index contributed by atoms with van der Waals surface area (Å²) in [4.78, 5) is 7.39. The van der Waals surface area contributed by atoms with Crippen LogP contribution < -0.4 is 5.32 Å². The molecule has 1 aromatic rings. The van der Waals surface area contributed by atoms with Gasteiger partial charge < -0.3 is 5.32 Å². The molecule has 4 rings (SSSR count). The summed E-state index contributed by atoms with van der Waals surface area (Å²) < 4.78 is 0. The first-order chi connectivity index (χ1) is 14.6. The molecule has 1 aromatic heterocycles. The fourth-order valence-corrected chi connectivity index (χ4v) is 4.64. The second-order valence-corrected chi connectivity index (χ2v) is 8.77. The minimum Gasteiger partial charge on any atom is -0.344 e. The second kappa shape index (κ2) is 9.45. The average molecular weight is 401 g/mol. The van der Waals surface area contributed by atoms with E-state index in [1.54, 1.807) is 0 Å². The monoisotopic (exact) mass is 400 g/mol. The van der Waals surface area contributed by atoms with Crippen LogP contribution in [0.2, 0.25) is 0 Å². The minimum absolute atomic E-state index is 0.461. The van der Waals surface area contributed by atoms with Crippen molar-refractivity contribution in [1.82, 2.24) is 9.88 Å². The van der Waals surface area contributed by atoms with Crippen molar-refractivity contribution in [2.45, 2.75) is 57.8 Å². The molecule has 0 spiro atoms. The van der Waals surface area contributed by atoms with Gasteiger partial charge in [0.25, 0.3) is 0 Å². The van der Waals surface area contributed by atoms with E-state index in [0.717, 1.165) is 68.8 Å². The summed E-state index contributed by atoms with van der Waals surface area (Å²) in [5.74, 6) is 1.47. The third-order valence-electron chi connectivity index (χ3n) is 6.55. The third-order valence-corrected chi connectivity index (χ3v) is 6.55. The number of hydrogen-bond acceptors (Lipinski definition) is 4. The first-order valence-corrected chi connectivity index (χ1v) is 11.3. The summed E-state index contributed by atoms with van der Waals surface area (Å²) in [5, 5.41) is 12.9. The predicted molar refractivity (Wildman–Crippen MR) is 123 cm³/mol. The molecule has 0 saturated heterocycles. The highest BCUT2D eigenvalue weighted by atomic mass is 15.1. The van der Waals surface area contributed by atoms with Crippen molar-refractivity contribution in [3.8, 4) is 6.07 Å². The smallest absolute Gasteiger partial charge is 0.133 e. The van der Waals surface area contributed by atoms with Gasteiger partial charge in [0.05, 0.1) is 11.6 Å². The highest BCUT2D eigenvalue weighted by Gasteiger charge is 2.21. The average Bonchev–Trinajstić information content (AvgIpc) is 2.97. The molecule has 4 heteroatoms. The molecule has 0 radical (unpaired) electrons. The molecule has 156 valence electrons. The highest BCUT2D eigenvalue weighted by Crippen LogP contribution is 2.29. The Hall–Kier alpha value is -2.64. The summed E-state index contributed by atoms with van der Waals surface area (Å²) in [6, 6.07) is 6.84. The lowest BCUT2D eigenvalue weighted by Gasteiger charge is -2.29. The normalized spacial score (nSPS) is 19.9. The molecule has 0 bridgehead atoms. The van der Waals surface area contributed by atoms with Crippen molar-refractivity contribution in [3.63, 3.8) is 0 Å². The van der Waals surface area contributed by atoms with Gasteiger partial charge in [-0.3, -0.25) is 4.90 Å². The maximum absolute atomic E-state index is 9.50. The number of fused-ring (bicyclic) bond motifs is 1. The van der Waals surface area contributed by atoms with Crippen LogP contribution in [0.1, 0.15) is 62.6 Å². The topological polar surface area (TPSA) is 52.0 Å². The van der Waals surface area contributed by atoms with Gasteiger partial charge in [-0.25, -0.2) is 4.98 Å². The Morgan fingerprint density at radius 1 is 1.27 bits per heavy atom. The van der Waals surface area contributed by atoms with Crippen LogP contribution in [0.5, 0.6) is 0 Å². The quantitative estimate of drug-likeness (QED) is 0.628. The number of aryl methyl sites for hydroxylation is 1. The molecular formula is C26H32N4. The Kier molecular flexibility index (Phi) is 6.50. The first-order valence-electron chi connectivity index (χ1n) is 11.3. The van der Waals surface area contributed by atoms with E-state index in [-0.39, 0.29) is 0 Å². The number of pyridine rings is 1. The third kappa shape index (κ3) is 4.74. The summed E-state index contributed by atoms with van der Waals surface area (Å²) in [6.07, 6.45) is 14.0. The molecule has 2 aliphatic heterocycles. The largest absolute Gasteiger partial charge is 0.344 e. The van der Waals surface area contributed by atoms with Gasteiger partial charge >= 0.3 is 0 Å². The molecule has 3 heterocycles. The molecule has 4 nitrogen and oxygen atoms in total. The van der Waals surface area contributed by atoms with Gasteiger partial charge in [0.1, 0.15) is 5.82 Å². The van der Waals surface area contributed by atoms with Crippen molar-refractivity contribution >= 4 is 5.82 Å². The van der Waals surface area contributed by atoms with E-state index in [2.05, 4.69) is 60.1 Å². The molecular weight excluding hydrogens is 368 g/mol. The molecule has 1 unspecified atom stereocenters. The van der Waals surface area contributed by atoms with Crippen LogP contribution in [0.4, 0.5) is 5.82 Å². The van der Waals surface area contributed by atoms with Crippen molar-refractivity contribution < 1.29 is 0 Å². The molecule has 1 atom stereocenters. The molecule has 0 saturated carbocycles. The van der Waals surface area contributed by atoms with E-state index in [1.807, 2.05) is 0 Å². The molecule has 30 heavy (non-hydrogen) atoms. The van der Waals surface area contributed by atoms with Gasteiger partial charge in [0.2, 0.25) is 0 Å². The molecule has 0 fully saturated rings. The molecule has 0 aromatic carbocycles. The van der Waals surface area contributed by atoms with E-state index in [1.165, 1.54) is 35.2 Å². The molecule has 1 N–H and O–H groups in total. The minimum atomic E-state index is 0.461. The number of hydrogen-bond donors (Lipinski definition) is 1. The zero-order chi connectivity index (χ0) is 20.9. The number of nitrogens with zero attached hydrogens (tertiary/aromatic N) is 3. The number of allylic oxidation sites excluding steroid dienone is 4. The van der Waals surface area contributed by atoms with Crippen LogP contribution in [-0.2, 0) is 6.42 Å². The standard InChI is InChI=1S/C26H32N4/c1-19(25-13-12-22-11-10-20(2)28-26(22)29-25)7-5-6-15-30-16-14-21-8-3-4-9-23(17-27)24(21)18-30/h3,8-9,12-13,19H,2,4-7,10-11,14-16,18H2,1H3,(H,28,29). The van der Waals surface area contributed by atoms with E-state index in [9.17, 15) is 5.26 Å². The lowest BCUT2D eigenvalue weighted by molar-refractivity contribution is 0.280. The number of unbranched alkanes of at least 4 members (excludes halogenated alkanes) is 1. The molecule has 3 aliphatic rings. The number of nitrogens with one attached hydrogen (secondary N) is 1. The van der Waals surface area contributed by atoms with Gasteiger partial charge in [-0.2, -0.15) is 5.26 Å². The van der Waals surface area contributed by atoms with Crippen LogP contribution in [0.15, 0.2) is 59.4 Å². The first kappa shape index (κ1) is 20.6. The fraction of sp³-hybridized carbons (Fsp3) is 0.462. The lowest BCUT2D eigenvalue weighted by atomic mass is 9.94. The van der Waals surface area contributed by atoms with Crippen molar-refractivity contribution in [2.24, 2.45) is 0 Å². The Labute approximate surface area is 180 Å². The Balaban J connectivity index is 1.26. The van der Waals surface area contributed by atoms with Crippen molar-refractivity contribution in [2.75, 3.05) is 25.0 Å². The fourth-order valence-electron chi connectivity index (χ4n) is 4.64. The van der Waals surface area contributed by atoms with Crippen LogP contribution in [0.3, 0.4) is 0 Å². The summed E-state index contributed by atoms with van der Waals surface area (Å²) in [5.41, 5.74) is 7.04. The maximum Gasteiger partial charge on any atom is 0.133 e. The van der Waals surface area contributed by atoms with E-state index < -0.39 is 0 Å².